The average Bonchev–Trinajstić information content (AvgIpc) is 2.72. The monoisotopic (exact) mass is 299 g/mol. The highest BCUT2D eigenvalue weighted by Crippen LogP contribution is 2.18. The lowest BCUT2D eigenvalue weighted by Gasteiger charge is -2.17. The van der Waals surface area contributed by atoms with Gasteiger partial charge in [-0.1, -0.05) is 18.2 Å². The molecule has 0 aliphatic carbocycles. The Balaban J connectivity index is 2.29. The van der Waals surface area contributed by atoms with Gasteiger partial charge in [-0.15, -0.1) is 0 Å². The van der Waals surface area contributed by atoms with E-state index in [4.69, 9.17) is 0 Å². The van der Waals surface area contributed by atoms with Crippen LogP contribution in [0, 0.1) is 0 Å². The van der Waals surface area contributed by atoms with Gasteiger partial charge in [-0.2, -0.15) is 0 Å². The number of rotatable bonds is 6. The van der Waals surface area contributed by atoms with Crippen LogP contribution in [0.5, 0.6) is 0 Å². The van der Waals surface area contributed by atoms with Crippen LogP contribution >= 0.6 is 0 Å². The molecule has 0 saturated heterocycles. The molecule has 0 spiro atoms. The van der Waals surface area contributed by atoms with E-state index < -0.39 is 0 Å². The molecule has 5 nitrogen and oxygen atoms in total. The summed E-state index contributed by atoms with van der Waals surface area (Å²) in [5.74, 6) is -0.688. The van der Waals surface area contributed by atoms with Gasteiger partial charge in [0, 0.05) is 25.0 Å². The summed E-state index contributed by atoms with van der Waals surface area (Å²) < 4.78 is 0. The molecule has 1 heterocycles. The van der Waals surface area contributed by atoms with Crippen LogP contribution in [0.2, 0.25) is 0 Å². The van der Waals surface area contributed by atoms with E-state index in [1.807, 2.05) is 0 Å². The number of imide groups is 1. The molecule has 0 N–H and O–H groups in total. The highest BCUT2D eigenvalue weighted by atomic mass is 16.2. The number of hydrogen-bond acceptors (Lipinski definition) is 4. The second kappa shape index (κ2) is 6.47. The lowest BCUT2D eigenvalue weighted by Crippen LogP contribution is -2.29. The van der Waals surface area contributed by atoms with Crippen LogP contribution in [0.1, 0.15) is 30.5 Å². The minimum absolute atomic E-state index is 0.0153. The summed E-state index contributed by atoms with van der Waals surface area (Å²) in [5.41, 5.74) is 2.32. The normalized spacial score (nSPS) is 13.8. The van der Waals surface area contributed by atoms with Crippen LogP contribution in [-0.2, 0) is 38.6 Å². The number of ketones is 2. The third-order valence-electron chi connectivity index (χ3n) is 3.39. The van der Waals surface area contributed by atoms with Crippen LogP contribution in [-0.4, -0.2) is 28.3 Å². The largest absolute Gasteiger partial charge is 0.300 e. The Morgan fingerprint density at radius 2 is 1.50 bits per heavy atom. The number of nitrogens with zero attached hydrogens (tertiary/aromatic N) is 1. The minimum atomic E-state index is -0.355. The molecule has 0 radical (unpaired) electrons. The molecule has 0 aromatic heterocycles. The Hall–Kier alpha value is -2.56. The molecule has 0 fully saturated rings. The predicted octanol–water partition coefficient (Wildman–Crippen LogP) is 1.37. The van der Waals surface area contributed by atoms with Crippen molar-refractivity contribution in [1.82, 2.24) is 4.90 Å². The van der Waals surface area contributed by atoms with E-state index in [1.54, 1.807) is 18.2 Å². The van der Waals surface area contributed by atoms with Crippen molar-refractivity contribution in [2.75, 3.05) is 0 Å². The lowest BCUT2D eigenvalue weighted by atomic mass is 9.97. The van der Waals surface area contributed by atoms with Gasteiger partial charge in [-0.05, 0) is 30.5 Å². The third-order valence-corrected chi connectivity index (χ3v) is 3.39. The molecule has 5 heteroatoms. The van der Waals surface area contributed by atoms with Crippen LogP contribution in [0.4, 0.5) is 0 Å². The first-order valence-electron chi connectivity index (χ1n) is 7.00. The Morgan fingerprint density at radius 1 is 0.909 bits per heavy atom. The van der Waals surface area contributed by atoms with Crippen molar-refractivity contribution in [2.45, 2.75) is 33.2 Å². The zero-order valence-electron chi connectivity index (χ0n) is 12.6. The fourth-order valence-electron chi connectivity index (χ4n) is 2.42. The summed E-state index contributed by atoms with van der Waals surface area (Å²) in [6.45, 7) is 3.12. The van der Waals surface area contributed by atoms with E-state index in [1.165, 1.54) is 26.0 Å². The highest BCUT2D eigenvalue weighted by Gasteiger charge is 2.24. The van der Waals surface area contributed by atoms with Gasteiger partial charge >= 0.3 is 0 Å². The van der Waals surface area contributed by atoms with Gasteiger partial charge in [0.15, 0.2) is 0 Å². The van der Waals surface area contributed by atoms with Crippen LogP contribution in [0.3, 0.4) is 0 Å². The van der Waals surface area contributed by atoms with Crippen molar-refractivity contribution >= 4 is 23.4 Å². The fourth-order valence-corrected chi connectivity index (χ4v) is 2.42. The predicted molar refractivity (Wildman–Crippen MR) is 79.9 cm³/mol. The summed E-state index contributed by atoms with van der Waals surface area (Å²) in [7, 11) is 0. The topological polar surface area (TPSA) is 71.5 Å². The second-order valence-electron chi connectivity index (χ2n) is 5.46. The molecule has 114 valence electrons. The first-order valence-corrected chi connectivity index (χ1v) is 7.00. The fraction of sp³-hybridized carbons (Fsp3) is 0.294. The highest BCUT2D eigenvalue weighted by molar-refractivity contribution is 6.12. The second-order valence-corrected chi connectivity index (χ2v) is 5.46. The van der Waals surface area contributed by atoms with E-state index in [9.17, 15) is 19.2 Å². The molecule has 22 heavy (non-hydrogen) atoms. The van der Waals surface area contributed by atoms with Gasteiger partial charge in [0.05, 0.1) is 6.54 Å². The SMILES string of the molecule is CC(=O)Cc1ccc(CN2C(=O)C=CC2=O)c(CC(C)=O)c1. The van der Waals surface area contributed by atoms with E-state index in [0.717, 1.165) is 21.6 Å². The number of Topliss-reactive ketones (excluding diaryl/α,β-unsaturated/α-hetero) is 2. The molecule has 1 aromatic carbocycles. The average molecular weight is 299 g/mol. The molecular formula is C17H17NO4. The van der Waals surface area contributed by atoms with E-state index in [2.05, 4.69) is 0 Å². The first kappa shape index (κ1) is 15.8. The molecule has 1 aromatic rings. The number of hydrogen-bond donors (Lipinski definition) is 0. The first-order chi connectivity index (χ1) is 10.4. The van der Waals surface area contributed by atoms with Gasteiger partial charge in [0.2, 0.25) is 0 Å². The zero-order valence-corrected chi connectivity index (χ0v) is 12.6. The van der Waals surface area contributed by atoms with Crippen molar-refractivity contribution < 1.29 is 19.2 Å². The van der Waals surface area contributed by atoms with Gasteiger partial charge in [-0.25, -0.2) is 0 Å². The Morgan fingerprint density at radius 3 is 2.05 bits per heavy atom. The molecule has 0 saturated carbocycles. The Bertz CT molecular complexity index is 670. The third kappa shape index (κ3) is 3.75. The quantitative estimate of drug-likeness (QED) is 0.744. The maximum atomic E-state index is 11.6. The Labute approximate surface area is 128 Å². The molecule has 0 bridgehead atoms. The molecule has 0 unspecified atom stereocenters. The Kier molecular flexibility index (Phi) is 4.65. The van der Waals surface area contributed by atoms with Crippen molar-refractivity contribution in [3.05, 3.63) is 47.0 Å². The molecule has 1 aliphatic rings. The summed E-state index contributed by atoms with van der Waals surface area (Å²) in [6, 6.07) is 5.37. The number of amides is 2. The van der Waals surface area contributed by atoms with Crippen molar-refractivity contribution in [2.24, 2.45) is 0 Å². The molecular weight excluding hydrogens is 282 g/mol. The number of carbonyl (C=O) groups is 4. The molecule has 2 rings (SSSR count). The van der Waals surface area contributed by atoms with Gasteiger partial charge in [0.1, 0.15) is 11.6 Å². The van der Waals surface area contributed by atoms with Gasteiger partial charge < -0.3 is 0 Å². The minimum Gasteiger partial charge on any atom is -0.300 e. The van der Waals surface area contributed by atoms with Crippen molar-refractivity contribution in [3.8, 4) is 0 Å². The molecule has 1 aliphatic heterocycles. The van der Waals surface area contributed by atoms with Crippen LogP contribution < -0.4 is 0 Å². The summed E-state index contributed by atoms with van der Waals surface area (Å²) >= 11 is 0. The summed E-state index contributed by atoms with van der Waals surface area (Å²) in [5, 5.41) is 0. The lowest BCUT2D eigenvalue weighted by molar-refractivity contribution is -0.137. The molecule has 2 amide bonds. The summed E-state index contributed by atoms with van der Waals surface area (Å²) in [4.78, 5) is 47.1. The van der Waals surface area contributed by atoms with E-state index >= 15 is 0 Å². The maximum absolute atomic E-state index is 11.6. The standard InChI is InChI=1S/C17H17NO4/c1-11(19)7-13-3-4-14(15(9-13)8-12(2)20)10-18-16(21)5-6-17(18)22/h3-6,9H,7-8,10H2,1-2H3. The molecule has 0 atom stereocenters. The van der Waals surface area contributed by atoms with E-state index in [0.29, 0.717) is 6.42 Å². The number of benzene rings is 1. The van der Waals surface area contributed by atoms with E-state index in [-0.39, 0.29) is 36.3 Å². The van der Waals surface area contributed by atoms with Crippen LogP contribution in [0.15, 0.2) is 30.4 Å². The van der Waals surface area contributed by atoms with Gasteiger partial charge in [0.25, 0.3) is 11.8 Å². The zero-order chi connectivity index (χ0) is 16.3. The van der Waals surface area contributed by atoms with Gasteiger partial charge in [-0.3, -0.25) is 24.1 Å². The van der Waals surface area contributed by atoms with Crippen LogP contribution in [0.25, 0.3) is 0 Å². The smallest absolute Gasteiger partial charge is 0.253 e. The summed E-state index contributed by atoms with van der Waals surface area (Å²) in [6.07, 6.45) is 2.98. The maximum Gasteiger partial charge on any atom is 0.253 e. The van der Waals surface area contributed by atoms with Crippen molar-refractivity contribution in [1.29, 1.82) is 0 Å². The van der Waals surface area contributed by atoms with Crippen molar-refractivity contribution in [3.63, 3.8) is 0 Å². The number of carbonyl (C=O) groups excluding carboxylic acids is 4.